The Labute approximate surface area is 146 Å². The summed E-state index contributed by atoms with van der Waals surface area (Å²) in [6.07, 6.45) is 3.37. The van der Waals surface area contributed by atoms with E-state index in [9.17, 15) is 0 Å². The Morgan fingerprint density at radius 3 is 2.80 bits per heavy atom. The maximum atomic E-state index is 5.93. The van der Waals surface area contributed by atoms with Gasteiger partial charge in [0.15, 0.2) is 17.1 Å². The second-order valence-corrected chi connectivity index (χ2v) is 6.06. The van der Waals surface area contributed by atoms with Gasteiger partial charge in [0.2, 0.25) is 0 Å². The SMILES string of the molecule is Cn1ncc2c1ncn1nc(-c3cc(-c4ccc(Cl)cc4)n[nH]3)nc21. The lowest BCUT2D eigenvalue weighted by atomic mass is 10.1. The minimum atomic E-state index is 0.547. The predicted molar refractivity (Wildman–Crippen MR) is 93.1 cm³/mol. The van der Waals surface area contributed by atoms with Crippen LogP contribution in [0, 0.1) is 0 Å². The fourth-order valence-corrected chi connectivity index (χ4v) is 2.88. The lowest BCUT2D eigenvalue weighted by molar-refractivity contribution is 0.783. The van der Waals surface area contributed by atoms with Crippen LogP contribution in [0.3, 0.4) is 0 Å². The largest absolute Gasteiger partial charge is 0.274 e. The van der Waals surface area contributed by atoms with Gasteiger partial charge in [0.1, 0.15) is 12.0 Å². The molecule has 5 aromatic rings. The summed E-state index contributed by atoms with van der Waals surface area (Å²) in [5.41, 5.74) is 3.96. The molecule has 0 bridgehead atoms. The molecule has 0 spiro atoms. The number of rotatable bonds is 2. The fraction of sp³-hybridized carbons (Fsp3) is 0.0625. The van der Waals surface area contributed by atoms with E-state index in [0.29, 0.717) is 16.5 Å². The van der Waals surface area contributed by atoms with Crippen molar-refractivity contribution in [2.24, 2.45) is 7.05 Å². The van der Waals surface area contributed by atoms with Crippen molar-refractivity contribution in [1.82, 2.24) is 39.6 Å². The van der Waals surface area contributed by atoms with E-state index in [1.807, 2.05) is 37.4 Å². The maximum Gasteiger partial charge on any atom is 0.200 e. The number of aryl methyl sites for hydroxylation is 1. The minimum absolute atomic E-state index is 0.547. The molecule has 0 aliphatic rings. The van der Waals surface area contributed by atoms with Crippen LogP contribution in [-0.4, -0.2) is 39.6 Å². The summed E-state index contributed by atoms with van der Waals surface area (Å²) in [6.45, 7) is 0. The summed E-state index contributed by atoms with van der Waals surface area (Å²) >= 11 is 5.93. The Balaban J connectivity index is 1.61. The number of aromatic nitrogens is 8. The number of nitrogens with one attached hydrogen (secondary N) is 1. The third kappa shape index (κ3) is 2.18. The van der Waals surface area contributed by atoms with Gasteiger partial charge in [0.05, 0.1) is 17.3 Å². The standard InChI is InChI=1S/C16H11ClN8/c1-24-15-11(7-19-24)16-20-14(23-25(16)8-18-15)13-6-12(21-22-13)9-2-4-10(17)5-3-9/h2-8H,1H3,(H,21,22). The van der Waals surface area contributed by atoms with E-state index < -0.39 is 0 Å². The molecule has 9 heteroatoms. The fourth-order valence-electron chi connectivity index (χ4n) is 2.76. The normalized spacial score (nSPS) is 11.6. The van der Waals surface area contributed by atoms with Crippen LogP contribution in [0.15, 0.2) is 42.9 Å². The predicted octanol–water partition coefficient (Wildman–Crippen LogP) is 2.72. The van der Waals surface area contributed by atoms with Crippen molar-refractivity contribution >= 4 is 28.3 Å². The minimum Gasteiger partial charge on any atom is -0.274 e. The van der Waals surface area contributed by atoms with Gasteiger partial charge in [-0.2, -0.15) is 10.2 Å². The first-order chi connectivity index (χ1) is 12.2. The average molecular weight is 351 g/mol. The zero-order valence-corrected chi connectivity index (χ0v) is 13.8. The molecule has 0 amide bonds. The zero-order valence-electron chi connectivity index (χ0n) is 13.0. The lowest BCUT2D eigenvalue weighted by Crippen LogP contribution is -1.94. The summed E-state index contributed by atoms with van der Waals surface area (Å²) in [6, 6.07) is 9.41. The first kappa shape index (κ1) is 14.1. The third-order valence-corrected chi connectivity index (χ3v) is 4.28. The van der Waals surface area contributed by atoms with Crippen molar-refractivity contribution in [3.63, 3.8) is 0 Å². The van der Waals surface area contributed by atoms with Crippen LogP contribution in [-0.2, 0) is 7.05 Å². The number of H-pyrrole nitrogens is 1. The van der Waals surface area contributed by atoms with Gasteiger partial charge in [-0.25, -0.2) is 14.5 Å². The molecule has 0 unspecified atom stereocenters. The van der Waals surface area contributed by atoms with Crippen LogP contribution in [0.1, 0.15) is 0 Å². The molecule has 0 atom stereocenters. The first-order valence-electron chi connectivity index (χ1n) is 7.54. The van der Waals surface area contributed by atoms with Crippen LogP contribution in [0.5, 0.6) is 0 Å². The highest BCUT2D eigenvalue weighted by Crippen LogP contribution is 2.24. The molecule has 0 aliphatic heterocycles. The molecule has 122 valence electrons. The Kier molecular flexibility index (Phi) is 2.89. The Hall–Kier alpha value is -3.26. The van der Waals surface area contributed by atoms with E-state index in [1.165, 1.54) is 0 Å². The van der Waals surface area contributed by atoms with Crippen molar-refractivity contribution in [3.8, 4) is 22.8 Å². The second-order valence-electron chi connectivity index (χ2n) is 5.63. The summed E-state index contributed by atoms with van der Waals surface area (Å²) < 4.78 is 3.35. The first-order valence-corrected chi connectivity index (χ1v) is 7.92. The van der Waals surface area contributed by atoms with Crippen LogP contribution < -0.4 is 0 Å². The molecule has 0 saturated heterocycles. The van der Waals surface area contributed by atoms with Crippen molar-refractivity contribution in [2.75, 3.05) is 0 Å². The molecule has 0 saturated carbocycles. The number of aromatic amines is 1. The molecule has 1 aromatic carbocycles. The highest BCUT2D eigenvalue weighted by Gasteiger charge is 2.14. The topological polar surface area (TPSA) is 89.6 Å². The molecule has 0 fully saturated rings. The van der Waals surface area contributed by atoms with Gasteiger partial charge in [0.25, 0.3) is 0 Å². The second kappa shape index (κ2) is 5.12. The Bertz CT molecular complexity index is 1210. The molecule has 4 heterocycles. The highest BCUT2D eigenvalue weighted by molar-refractivity contribution is 6.30. The smallest absolute Gasteiger partial charge is 0.200 e. The molecular weight excluding hydrogens is 340 g/mol. The van der Waals surface area contributed by atoms with E-state index in [4.69, 9.17) is 11.6 Å². The molecule has 1 N–H and O–H groups in total. The summed E-state index contributed by atoms with van der Waals surface area (Å²) in [5, 5.41) is 17.6. The number of hydrogen-bond donors (Lipinski definition) is 1. The maximum absolute atomic E-state index is 5.93. The average Bonchev–Trinajstić information content (AvgIpc) is 3.32. The van der Waals surface area contributed by atoms with Crippen LogP contribution in [0.25, 0.3) is 39.5 Å². The van der Waals surface area contributed by atoms with Crippen molar-refractivity contribution in [1.29, 1.82) is 0 Å². The van der Waals surface area contributed by atoms with E-state index in [0.717, 1.165) is 28.0 Å². The summed E-state index contributed by atoms with van der Waals surface area (Å²) in [7, 11) is 1.84. The Morgan fingerprint density at radius 2 is 1.96 bits per heavy atom. The molecular formula is C16H11ClN8. The molecule has 5 rings (SSSR count). The van der Waals surface area contributed by atoms with E-state index >= 15 is 0 Å². The van der Waals surface area contributed by atoms with Gasteiger partial charge in [-0.05, 0) is 18.2 Å². The van der Waals surface area contributed by atoms with Crippen LogP contribution >= 0.6 is 11.6 Å². The summed E-state index contributed by atoms with van der Waals surface area (Å²) in [5.74, 6) is 0.547. The van der Waals surface area contributed by atoms with Gasteiger partial charge in [-0.3, -0.25) is 9.78 Å². The van der Waals surface area contributed by atoms with Crippen LogP contribution in [0.4, 0.5) is 0 Å². The van der Waals surface area contributed by atoms with Crippen molar-refractivity contribution in [2.45, 2.75) is 0 Å². The van der Waals surface area contributed by atoms with Gasteiger partial charge >= 0.3 is 0 Å². The number of hydrogen-bond acceptors (Lipinski definition) is 5. The number of benzene rings is 1. The van der Waals surface area contributed by atoms with Crippen molar-refractivity contribution in [3.05, 3.63) is 47.9 Å². The van der Waals surface area contributed by atoms with Gasteiger partial charge in [-0.1, -0.05) is 23.7 Å². The monoisotopic (exact) mass is 350 g/mol. The third-order valence-electron chi connectivity index (χ3n) is 4.03. The molecule has 8 nitrogen and oxygen atoms in total. The van der Waals surface area contributed by atoms with E-state index in [-0.39, 0.29) is 0 Å². The van der Waals surface area contributed by atoms with Gasteiger partial charge in [0, 0.05) is 17.6 Å². The molecule has 0 radical (unpaired) electrons. The van der Waals surface area contributed by atoms with Gasteiger partial charge < -0.3 is 0 Å². The van der Waals surface area contributed by atoms with E-state index in [1.54, 1.807) is 21.7 Å². The molecule has 4 aromatic heterocycles. The zero-order chi connectivity index (χ0) is 17.0. The van der Waals surface area contributed by atoms with Crippen LogP contribution in [0.2, 0.25) is 5.02 Å². The number of fused-ring (bicyclic) bond motifs is 3. The van der Waals surface area contributed by atoms with Gasteiger partial charge in [-0.15, -0.1) is 5.10 Å². The summed E-state index contributed by atoms with van der Waals surface area (Å²) in [4.78, 5) is 8.97. The Morgan fingerprint density at radius 1 is 1.12 bits per heavy atom. The van der Waals surface area contributed by atoms with Crippen molar-refractivity contribution < 1.29 is 0 Å². The molecule has 25 heavy (non-hydrogen) atoms. The molecule has 0 aliphatic carbocycles. The quantitative estimate of drug-likeness (QED) is 0.528. The lowest BCUT2D eigenvalue weighted by Gasteiger charge is -1.94. The highest BCUT2D eigenvalue weighted by atomic mass is 35.5. The van der Waals surface area contributed by atoms with E-state index in [2.05, 4.69) is 30.4 Å². The number of nitrogens with zero attached hydrogens (tertiary/aromatic N) is 7. The number of halogens is 1.